The fraction of sp³-hybridized carbons (Fsp3) is 0.588. The summed E-state index contributed by atoms with van der Waals surface area (Å²) in [7, 11) is 0. The molecule has 2 aliphatic rings. The van der Waals surface area contributed by atoms with Crippen LogP contribution in [0, 0.1) is 0 Å². The van der Waals surface area contributed by atoms with E-state index in [0.29, 0.717) is 0 Å². The zero-order chi connectivity index (χ0) is 14.8. The zero-order valence-corrected chi connectivity index (χ0v) is 13.1. The molecular weight excluding hydrogens is 262 g/mol. The van der Waals surface area contributed by atoms with Gasteiger partial charge in [0, 0.05) is 37.1 Å². The minimum atomic E-state index is 0.0389. The van der Waals surface area contributed by atoms with Gasteiger partial charge in [-0.25, -0.2) is 4.79 Å². The van der Waals surface area contributed by atoms with Crippen LogP contribution in [0.5, 0.6) is 0 Å². The molecule has 2 aliphatic heterocycles. The first-order chi connectivity index (χ1) is 10.2. The summed E-state index contributed by atoms with van der Waals surface area (Å²) in [5.41, 5.74) is 3.70. The lowest BCUT2D eigenvalue weighted by Crippen LogP contribution is -2.43. The second kappa shape index (κ2) is 5.96. The van der Waals surface area contributed by atoms with Gasteiger partial charge in [-0.05, 0) is 56.4 Å². The molecule has 2 heterocycles. The Balaban J connectivity index is 1.75. The minimum Gasteiger partial charge on any atom is -0.372 e. The molecular formula is C17H25N3O. The third-order valence-corrected chi connectivity index (χ3v) is 4.66. The smallest absolute Gasteiger partial charge is 0.322 e. The number of benzene rings is 1. The highest BCUT2D eigenvalue weighted by Crippen LogP contribution is 2.32. The third kappa shape index (κ3) is 2.85. The predicted molar refractivity (Wildman–Crippen MR) is 87.2 cm³/mol. The van der Waals surface area contributed by atoms with E-state index in [4.69, 9.17) is 0 Å². The molecule has 2 amide bonds. The van der Waals surface area contributed by atoms with Crippen molar-refractivity contribution >= 4 is 17.4 Å². The molecule has 1 fully saturated rings. The minimum absolute atomic E-state index is 0.0389. The lowest BCUT2D eigenvalue weighted by atomic mass is 10.1. The van der Waals surface area contributed by atoms with Crippen LogP contribution in [0.15, 0.2) is 18.2 Å². The first kappa shape index (κ1) is 14.2. The average molecular weight is 287 g/mol. The molecule has 1 N–H and O–H groups in total. The maximum absolute atomic E-state index is 12.3. The molecule has 114 valence electrons. The van der Waals surface area contributed by atoms with Gasteiger partial charge >= 0.3 is 6.03 Å². The van der Waals surface area contributed by atoms with Crippen LogP contribution in [0.3, 0.4) is 0 Å². The van der Waals surface area contributed by atoms with E-state index in [1.165, 1.54) is 24.1 Å². The molecule has 0 radical (unpaired) electrons. The monoisotopic (exact) mass is 287 g/mol. The van der Waals surface area contributed by atoms with E-state index in [2.05, 4.69) is 35.3 Å². The Bertz CT molecular complexity index is 523. The highest BCUT2D eigenvalue weighted by Gasteiger charge is 2.26. The fourth-order valence-electron chi connectivity index (χ4n) is 3.16. The van der Waals surface area contributed by atoms with Gasteiger partial charge in [-0.15, -0.1) is 0 Å². The van der Waals surface area contributed by atoms with Crippen molar-refractivity contribution in [1.82, 2.24) is 5.32 Å². The number of nitrogens with zero attached hydrogens (tertiary/aromatic N) is 2. The van der Waals surface area contributed by atoms with Gasteiger partial charge in [-0.1, -0.05) is 6.92 Å². The number of fused-ring (bicyclic) bond motifs is 1. The molecule has 0 saturated carbocycles. The molecule has 1 aromatic carbocycles. The van der Waals surface area contributed by atoms with Crippen LogP contribution in [-0.4, -0.2) is 31.7 Å². The first-order valence-corrected chi connectivity index (χ1v) is 8.15. The second-order valence-electron chi connectivity index (χ2n) is 6.17. The van der Waals surface area contributed by atoms with Gasteiger partial charge < -0.3 is 10.2 Å². The first-order valence-electron chi connectivity index (χ1n) is 8.15. The van der Waals surface area contributed by atoms with Gasteiger partial charge in [0.25, 0.3) is 0 Å². The standard InChI is InChI=1S/C17H25N3O/c1-3-13(2)18-17(21)20-11-8-14-12-15(6-7-16(14)20)19-9-4-5-10-19/h6-7,12-13H,3-5,8-11H2,1-2H3,(H,18,21). The van der Waals surface area contributed by atoms with Crippen molar-refractivity contribution in [2.45, 2.75) is 45.6 Å². The van der Waals surface area contributed by atoms with Gasteiger partial charge in [0.05, 0.1) is 0 Å². The summed E-state index contributed by atoms with van der Waals surface area (Å²) in [4.78, 5) is 16.7. The number of carbonyl (C=O) groups excluding carboxylic acids is 1. The van der Waals surface area contributed by atoms with Crippen LogP contribution < -0.4 is 15.1 Å². The van der Waals surface area contributed by atoms with Crippen LogP contribution in [-0.2, 0) is 6.42 Å². The van der Waals surface area contributed by atoms with E-state index < -0.39 is 0 Å². The van der Waals surface area contributed by atoms with E-state index in [1.807, 2.05) is 11.8 Å². The Morgan fingerprint density at radius 1 is 1.29 bits per heavy atom. The van der Waals surface area contributed by atoms with Crippen molar-refractivity contribution in [2.75, 3.05) is 29.4 Å². The molecule has 1 aromatic rings. The normalized spacial score (nSPS) is 18.8. The van der Waals surface area contributed by atoms with E-state index in [0.717, 1.165) is 38.2 Å². The quantitative estimate of drug-likeness (QED) is 0.927. The van der Waals surface area contributed by atoms with Crippen LogP contribution >= 0.6 is 0 Å². The Morgan fingerprint density at radius 3 is 2.76 bits per heavy atom. The maximum atomic E-state index is 12.3. The Hall–Kier alpha value is -1.71. The lowest BCUT2D eigenvalue weighted by Gasteiger charge is -2.22. The number of amides is 2. The number of hydrogen-bond donors (Lipinski definition) is 1. The van der Waals surface area contributed by atoms with E-state index in [9.17, 15) is 4.79 Å². The Morgan fingerprint density at radius 2 is 2.05 bits per heavy atom. The van der Waals surface area contributed by atoms with Crippen molar-refractivity contribution in [2.24, 2.45) is 0 Å². The van der Waals surface area contributed by atoms with Crippen molar-refractivity contribution in [3.05, 3.63) is 23.8 Å². The van der Waals surface area contributed by atoms with E-state index >= 15 is 0 Å². The summed E-state index contributed by atoms with van der Waals surface area (Å²) in [6.45, 7) is 7.26. The summed E-state index contributed by atoms with van der Waals surface area (Å²) in [6, 6.07) is 6.82. The van der Waals surface area contributed by atoms with Gasteiger partial charge in [0.2, 0.25) is 0 Å². The third-order valence-electron chi connectivity index (χ3n) is 4.66. The van der Waals surface area contributed by atoms with Gasteiger partial charge in [0.1, 0.15) is 0 Å². The molecule has 0 aromatic heterocycles. The largest absolute Gasteiger partial charge is 0.372 e. The van der Waals surface area contributed by atoms with Crippen LogP contribution in [0.2, 0.25) is 0 Å². The molecule has 0 spiro atoms. The van der Waals surface area contributed by atoms with E-state index in [1.54, 1.807) is 0 Å². The van der Waals surface area contributed by atoms with Crippen molar-refractivity contribution in [3.63, 3.8) is 0 Å². The molecule has 4 heteroatoms. The van der Waals surface area contributed by atoms with E-state index in [-0.39, 0.29) is 12.1 Å². The zero-order valence-electron chi connectivity index (χ0n) is 13.1. The molecule has 0 bridgehead atoms. The maximum Gasteiger partial charge on any atom is 0.322 e. The number of nitrogens with one attached hydrogen (secondary N) is 1. The number of urea groups is 1. The predicted octanol–water partition coefficient (Wildman–Crippen LogP) is 3.16. The summed E-state index contributed by atoms with van der Waals surface area (Å²) >= 11 is 0. The van der Waals surface area contributed by atoms with Crippen LogP contribution in [0.4, 0.5) is 16.2 Å². The van der Waals surface area contributed by atoms with Crippen LogP contribution in [0.1, 0.15) is 38.7 Å². The number of carbonyl (C=O) groups is 1. The SMILES string of the molecule is CCC(C)NC(=O)N1CCc2cc(N3CCCC3)ccc21. The summed E-state index contributed by atoms with van der Waals surface area (Å²) in [5.74, 6) is 0. The summed E-state index contributed by atoms with van der Waals surface area (Å²) < 4.78 is 0. The van der Waals surface area contributed by atoms with Crippen molar-refractivity contribution < 1.29 is 4.79 Å². The lowest BCUT2D eigenvalue weighted by molar-refractivity contribution is 0.243. The van der Waals surface area contributed by atoms with Gasteiger partial charge in [-0.3, -0.25) is 4.90 Å². The van der Waals surface area contributed by atoms with Crippen LogP contribution in [0.25, 0.3) is 0 Å². The highest BCUT2D eigenvalue weighted by molar-refractivity contribution is 5.94. The Labute approximate surface area is 127 Å². The molecule has 1 atom stereocenters. The fourth-order valence-corrected chi connectivity index (χ4v) is 3.16. The summed E-state index contributed by atoms with van der Waals surface area (Å²) in [5, 5.41) is 3.06. The van der Waals surface area contributed by atoms with Gasteiger partial charge in [0.15, 0.2) is 0 Å². The number of anilines is 2. The average Bonchev–Trinajstić information content (AvgIpc) is 3.15. The molecule has 3 rings (SSSR count). The molecule has 4 nitrogen and oxygen atoms in total. The molecule has 1 unspecified atom stereocenters. The molecule has 0 aliphatic carbocycles. The molecule has 21 heavy (non-hydrogen) atoms. The topological polar surface area (TPSA) is 35.6 Å². The second-order valence-corrected chi connectivity index (χ2v) is 6.17. The molecule has 1 saturated heterocycles. The number of hydrogen-bond acceptors (Lipinski definition) is 2. The number of rotatable bonds is 3. The Kier molecular flexibility index (Phi) is 4.04. The highest BCUT2D eigenvalue weighted by atomic mass is 16.2. The summed E-state index contributed by atoms with van der Waals surface area (Å²) in [6.07, 6.45) is 4.51. The van der Waals surface area contributed by atoms with Gasteiger partial charge in [-0.2, -0.15) is 0 Å². The van der Waals surface area contributed by atoms with Crippen molar-refractivity contribution in [3.8, 4) is 0 Å². The van der Waals surface area contributed by atoms with Crippen molar-refractivity contribution in [1.29, 1.82) is 0 Å².